The van der Waals surface area contributed by atoms with Crippen molar-refractivity contribution in [3.05, 3.63) is 51.7 Å². The van der Waals surface area contributed by atoms with Crippen molar-refractivity contribution >= 4 is 22.2 Å². The third-order valence-electron chi connectivity index (χ3n) is 4.69. The van der Waals surface area contributed by atoms with Crippen LogP contribution in [0.4, 0.5) is 9.39 Å². The Hall–Kier alpha value is -2.23. The number of halogens is 1. The van der Waals surface area contributed by atoms with Crippen molar-refractivity contribution < 1.29 is 9.18 Å². The minimum Gasteiger partial charge on any atom is -0.315 e. The second-order valence-corrected chi connectivity index (χ2v) is 8.08. The van der Waals surface area contributed by atoms with Gasteiger partial charge in [0.05, 0.1) is 12.1 Å². The number of nitrogens with one attached hydrogen (secondary N) is 1. The van der Waals surface area contributed by atoms with Crippen LogP contribution in [0.5, 0.6) is 0 Å². The van der Waals surface area contributed by atoms with Crippen LogP contribution < -0.4 is 5.32 Å². The van der Waals surface area contributed by atoms with Gasteiger partial charge in [-0.25, -0.2) is 4.39 Å². The monoisotopic (exact) mass is 371 g/mol. The fourth-order valence-corrected chi connectivity index (χ4v) is 4.72. The van der Waals surface area contributed by atoms with Gasteiger partial charge in [0, 0.05) is 17.0 Å². The lowest BCUT2D eigenvalue weighted by Gasteiger charge is -2.17. The minimum absolute atomic E-state index is 0.137. The molecule has 1 atom stereocenters. The summed E-state index contributed by atoms with van der Waals surface area (Å²) in [4.78, 5) is 15.4. The average Bonchev–Trinajstić information content (AvgIpc) is 2.92. The van der Waals surface area contributed by atoms with Crippen LogP contribution in [0.25, 0.3) is 0 Å². The summed E-state index contributed by atoms with van der Waals surface area (Å²) in [6.07, 6.45) is 2.95. The smallest absolute Gasteiger partial charge is 0.239 e. The van der Waals surface area contributed by atoms with Gasteiger partial charge in [-0.1, -0.05) is 25.1 Å². The predicted octanol–water partition coefficient (Wildman–Crippen LogP) is 3.95. The molecule has 0 aliphatic heterocycles. The third kappa shape index (κ3) is 4.12. The fourth-order valence-electron chi connectivity index (χ4n) is 3.34. The number of carbonyl (C=O) groups is 1. The summed E-state index contributed by atoms with van der Waals surface area (Å²) in [6.45, 7) is 2.70. The van der Waals surface area contributed by atoms with Gasteiger partial charge in [0.2, 0.25) is 5.91 Å². The molecule has 6 heteroatoms. The zero-order valence-electron chi connectivity index (χ0n) is 15.0. The third-order valence-corrected chi connectivity index (χ3v) is 5.86. The number of rotatable bonds is 5. The maximum Gasteiger partial charge on any atom is 0.239 e. The normalized spacial score (nSPS) is 16.2. The Kier molecular flexibility index (Phi) is 5.70. The number of likely N-dealkylation sites (N-methyl/N-ethyl adjacent to an activating group) is 1. The summed E-state index contributed by atoms with van der Waals surface area (Å²) >= 11 is 1.52. The molecule has 3 rings (SSSR count). The first kappa shape index (κ1) is 18.6. The number of hydrogen-bond donors (Lipinski definition) is 1. The first-order chi connectivity index (χ1) is 12.5. The molecule has 1 N–H and O–H groups in total. The highest BCUT2D eigenvalue weighted by atomic mass is 32.1. The SMILES string of the molecule is C[C@@H]1CCc2c(sc(NC(=O)CN(C)Cc3ccccc3F)c2C#N)C1. The zero-order chi connectivity index (χ0) is 18.7. The molecule has 26 heavy (non-hydrogen) atoms. The van der Waals surface area contributed by atoms with Gasteiger partial charge < -0.3 is 5.32 Å². The molecule has 0 saturated carbocycles. The molecule has 1 aliphatic rings. The topological polar surface area (TPSA) is 56.1 Å². The molecule has 1 aromatic carbocycles. The number of benzene rings is 1. The van der Waals surface area contributed by atoms with Gasteiger partial charge in [0.1, 0.15) is 16.9 Å². The van der Waals surface area contributed by atoms with Gasteiger partial charge in [0.25, 0.3) is 0 Å². The number of thiophene rings is 1. The highest BCUT2D eigenvalue weighted by molar-refractivity contribution is 7.16. The van der Waals surface area contributed by atoms with Crippen molar-refractivity contribution in [3.8, 4) is 6.07 Å². The second kappa shape index (κ2) is 7.98. The van der Waals surface area contributed by atoms with Gasteiger partial charge >= 0.3 is 0 Å². The highest BCUT2D eigenvalue weighted by Crippen LogP contribution is 2.39. The number of carbonyl (C=O) groups excluding carboxylic acids is 1. The van der Waals surface area contributed by atoms with E-state index in [9.17, 15) is 14.4 Å². The van der Waals surface area contributed by atoms with E-state index < -0.39 is 0 Å². The van der Waals surface area contributed by atoms with E-state index in [0.29, 0.717) is 28.6 Å². The standard InChI is InChI=1S/C20H22FN3OS/c1-13-7-8-15-16(10-22)20(26-18(15)9-13)23-19(25)12-24(2)11-14-5-3-4-6-17(14)21/h3-6,13H,7-9,11-12H2,1-2H3,(H,23,25)/t13-/m1/s1. The van der Waals surface area contributed by atoms with Crippen LogP contribution in [0.2, 0.25) is 0 Å². The highest BCUT2D eigenvalue weighted by Gasteiger charge is 2.24. The van der Waals surface area contributed by atoms with E-state index in [1.807, 2.05) is 0 Å². The summed E-state index contributed by atoms with van der Waals surface area (Å²) in [6, 6.07) is 8.82. The van der Waals surface area contributed by atoms with Gasteiger partial charge in [0.15, 0.2) is 0 Å². The van der Waals surface area contributed by atoms with Crippen molar-refractivity contribution in [1.82, 2.24) is 4.90 Å². The molecule has 0 saturated heterocycles. The summed E-state index contributed by atoms with van der Waals surface area (Å²) in [5, 5.41) is 13.0. The van der Waals surface area contributed by atoms with Crippen LogP contribution >= 0.6 is 11.3 Å². The molecule has 1 aromatic heterocycles. The van der Waals surface area contributed by atoms with Crippen molar-refractivity contribution in [2.75, 3.05) is 18.9 Å². The molecule has 1 aliphatic carbocycles. The van der Waals surface area contributed by atoms with Crippen LogP contribution in [0.3, 0.4) is 0 Å². The number of amides is 1. The Balaban J connectivity index is 1.65. The Morgan fingerprint density at radius 1 is 1.46 bits per heavy atom. The first-order valence-electron chi connectivity index (χ1n) is 8.74. The molecule has 0 radical (unpaired) electrons. The Morgan fingerprint density at radius 2 is 2.23 bits per heavy atom. The number of nitriles is 1. The molecule has 4 nitrogen and oxygen atoms in total. The Bertz CT molecular complexity index is 855. The van der Waals surface area contributed by atoms with Crippen LogP contribution in [0, 0.1) is 23.1 Å². The molecule has 2 aromatic rings. The van der Waals surface area contributed by atoms with E-state index in [1.165, 1.54) is 22.3 Å². The summed E-state index contributed by atoms with van der Waals surface area (Å²) in [5.74, 6) is 0.154. The molecule has 0 unspecified atom stereocenters. The van der Waals surface area contributed by atoms with E-state index in [4.69, 9.17) is 0 Å². The maximum atomic E-state index is 13.7. The maximum absolute atomic E-state index is 13.7. The largest absolute Gasteiger partial charge is 0.315 e. The molecule has 0 fully saturated rings. The lowest BCUT2D eigenvalue weighted by Crippen LogP contribution is -2.30. The fraction of sp³-hybridized carbons (Fsp3) is 0.400. The van der Waals surface area contributed by atoms with E-state index in [0.717, 1.165) is 24.8 Å². The van der Waals surface area contributed by atoms with Crippen molar-refractivity contribution in [2.24, 2.45) is 5.92 Å². The van der Waals surface area contributed by atoms with Crippen molar-refractivity contribution in [1.29, 1.82) is 5.26 Å². The van der Waals surface area contributed by atoms with Gasteiger partial charge in [-0.15, -0.1) is 11.3 Å². The van der Waals surface area contributed by atoms with E-state index in [-0.39, 0.29) is 18.3 Å². The van der Waals surface area contributed by atoms with Crippen LogP contribution in [0.15, 0.2) is 24.3 Å². The quantitative estimate of drug-likeness (QED) is 0.866. The molecule has 0 bridgehead atoms. The van der Waals surface area contributed by atoms with Crippen molar-refractivity contribution in [3.63, 3.8) is 0 Å². The lowest BCUT2D eigenvalue weighted by molar-refractivity contribution is -0.117. The molecular formula is C20H22FN3OS. The number of anilines is 1. The van der Waals surface area contributed by atoms with Crippen molar-refractivity contribution in [2.45, 2.75) is 32.7 Å². The zero-order valence-corrected chi connectivity index (χ0v) is 15.8. The molecule has 136 valence electrons. The summed E-state index contributed by atoms with van der Waals surface area (Å²) in [5.41, 5.74) is 2.27. The Morgan fingerprint density at radius 3 is 2.96 bits per heavy atom. The first-order valence-corrected chi connectivity index (χ1v) is 9.56. The molecule has 0 spiro atoms. The minimum atomic E-state index is -0.272. The Labute approximate surface area is 157 Å². The molecule has 1 heterocycles. The average molecular weight is 371 g/mol. The van der Waals surface area contributed by atoms with Crippen LogP contribution in [-0.2, 0) is 24.2 Å². The predicted molar refractivity (Wildman–Crippen MR) is 102 cm³/mol. The number of fused-ring (bicyclic) bond motifs is 1. The van der Waals surface area contributed by atoms with Crippen LogP contribution in [-0.4, -0.2) is 24.4 Å². The van der Waals surface area contributed by atoms with Gasteiger partial charge in [-0.05, 0) is 43.9 Å². The summed E-state index contributed by atoms with van der Waals surface area (Å²) in [7, 11) is 1.78. The lowest BCUT2D eigenvalue weighted by atomic mass is 9.89. The van der Waals surface area contributed by atoms with E-state index in [2.05, 4.69) is 18.3 Å². The van der Waals surface area contributed by atoms with Gasteiger partial charge in [-0.2, -0.15) is 5.26 Å². The van der Waals surface area contributed by atoms with E-state index >= 15 is 0 Å². The summed E-state index contributed by atoms with van der Waals surface area (Å²) < 4.78 is 13.7. The second-order valence-electron chi connectivity index (χ2n) is 6.98. The molecule has 1 amide bonds. The molecular weight excluding hydrogens is 349 g/mol. The van der Waals surface area contributed by atoms with Crippen LogP contribution in [0.1, 0.15) is 34.9 Å². The number of hydrogen-bond acceptors (Lipinski definition) is 4. The van der Waals surface area contributed by atoms with E-state index in [1.54, 1.807) is 30.1 Å². The van der Waals surface area contributed by atoms with Gasteiger partial charge in [-0.3, -0.25) is 9.69 Å². The number of nitrogens with zero attached hydrogens (tertiary/aromatic N) is 2.